The minimum atomic E-state index is -3.55. The van der Waals surface area contributed by atoms with Gasteiger partial charge in [-0.05, 0) is 37.6 Å². The van der Waals surface area contributed by atoms with Gasteiger partial charge in [0, 0.05) is 23.5 Å². The maximum Gasteiger partial charge on any atom is 0.236 e. The second-order valence-corrected chi connectivity index (χ2v) is 7.39. The largest absolute Gasteiger partial charge is 0.389 e. The summed E-state index contributed by atoms with van der Waals surface area (Å²) in [6.07, 6.45) is 1.51. The van der Waals surface area contributed by atoms with Crippen LogP contribution in [0, 0.1) is 0 Å². The molecule has 0 saturated carbocycles. The van der Waals surface area contributed by atoms with Gasteiger partial charge in [-0.3, -0.25) is 0 Å². The summed E-state index contributed by atoms with van der Waals surface area (Å²) in [4.78, 5) is 0. The van der Waals surface area contributed by atoms with Gasteiger partial charge in [0.25, 0.3) is 0 Å². The molecule has 6 heteroatoms. The lowest BCUT2D eigenvalue weighted by Gasteiger charge is -2.26. The van der Waals surface area contributed by atoms with E-state index in [1.54, 1.807) is 45.0 Å². The molecular formula is C14H20ClNO3S. The first-order valence-electron chi connectivity index (χ1n) is 6.30. The molecule has 1 aromatic rings. The molecule has 0 aliphatic carbocycles. The fourth-order valence-corrected chi connectivity index (χ4v) is 3.12. The summed E-state index contributed by atoms with van der Waals surface area (Å²) < 4.78 is 25.6. The first kappa shape index (κ1) is 17.2. The predicted molar refractivity (Wildman–Crippen MR) is 83.0 cm³/mol. The van der Waals surface area contributed by atoms with Crippen molar-refractivity contribution in [2.45, 2.75) is 26.4 Å². The maximum atomic E-state index is 12.2. The average Bonchev–Trinajstić information content (AvgIpc) is 2.34. The standard InChI is InChI=1S/C14H20ClNO3S/c1-4-16(11-14(2,3)17)20(18,19)10-9-12-5-7-13(15)8-6-12/h5-10,17H,4,11H2,1-3H3. The van der Waals surface area contributed by atoms with Crippen LogP contribution in [0.3, 0.4) is 0 Å². The molecule has 0 radical (unpaired) electrons. The fourth-order valence-electron chi connectivity index (χ4n) is 1.64. The second-order valence-electron chi connectivity index (χ2n) is 5.14. The SMILES string of the molecule is CCN(CC(C)(C)O)S(=O)(=O)C=Cc1ccc(Cl)cc1. The van der Waals surface area contributed by atoms with Crippen LogP contribution in [0.2, 0.25) is 5.02 Å². The highest BCUT2D eigenvalue weighted by Gasteiger charge is 2.24. The molecule has 1 N–H and O–H groups in total. The van der Waals surface area contributed by atoms with Gasteiger partial charge in [0.1, 0.15) is 0 Å². The van der Waals surface area contributed by atoms with E-state index in [1.807, 2.05) is 0 Å². The van der Waals surface area contributed by atoms with E-state index in [2.05, 4.69) is 0 Å². The topological polar surface area (TPSA) is 57.6 Å². The summed E-state index contributed by atoms with van der Waals surface area (Å²) in [6, 6.07) is 6.87. The normalized spacial score (nSPS) is 13.3. The van der Waals surface area contributed by atoms with Crippen molar-refractivity contribution in [2.24, 2.45) is 0 Å². The highest BCUT2D eigenvalue weighted by molar-refractivity contribution is 7.92. The number of hydrogen-bond donors (Lipinski definition) is 1. The molecule has 0 atom stereocenters. The zero-order chi connectivity index (χ0) is 15.4. The van der Waals surface area contributed by atoms with E-state index in [9.17, 15) is 13.5 Å². The lowest BCUT2D eigenvalue weighted by molar-refractivity contribution is 0.0604. The Morgan fingerprint density at radius 2 is 1.85 bits per heavy atom. The van der Waals surface area contributed by atoms with Crippen molar-refractivity contribution < 1.29 is 13.5 Å². The van der Waals surface area contributed by atoms with E-state index in [1.165, 1.54) is 10.4 Å². The number of benzene rings is 1. The highest BCUT2D eigenvalue weighted by Crippen LogP contribution is 2.14. The van der Waals surface area contributed by atoms with Gasteiger partial charge in [0.15, 0.2) is 0 Å². The van der Waals surface area contributed by atoms with Crippen LogP contribution >= 0.6 is 11.6 Å². The van der Waals surface area contributed by atoms with Gasteiger partial charge in [-0.15, -0.1) is 0 Å². The molecule has 4 nitrogen and oxygen atoms in total. The predicted octanol–water partition coefficient (Wildman–Crippen LogP) is 2.73. The molecule has 0 fully saturated rings. The Labute approximate surface area is 125 Å². The Morgan fingerprint density at radius 3 is 2.30 bits per heavy atom. The Hall–Kier alpha value is -0.880. The third kappa shape index (κ3) is 5.63. The number of sulfonamides is 1. The molecule has 112 valence electrons. The van der Waals surface area contributed by atoms with Crippen molar-refractivity contribution >= 4 is 27.7 Å². The number of aliphatic hydroxyl groups is 1. The summed E-state index contributed by atoms with van der Waals surface area (Å²) in [5, 5.41) is 11.5. The van der Waals surface area contributed by atoms with Crippen molar-refractivity contribution in [3.63, 3.8) is 0 Å². The average molecular weight is 318 g/mol. The van der Waals surface area contributed by atoms with Gasteiger partial charge in [-0.25, -0.2) is 8.42 Å². The van der Waals surface area contributed by atoms with Crippen LogP contribution in [0.25, 0.3) is 6.08 Å². The summed E-state index contributed by atoms with van der Waals surface area (Å²) >= 11 is 5.77. The first-order valence-corrected chi connectivity index (χ1v) is 8.18. The molecule has 1 aromatic carbocycles. The number of likely N-dealkylation sites (N-methyl/N-ethyl adjacent to an activating group) is 1. The minimum absolute atomic E-state index is 0.0524. The molecule has 0 aliphatic rings. The van der Waals surface area contributed by atoms with Crippen LogP contribution in [0.1, 0.15) is 26.3 Å². The third-order valence-corrected chi connectivity index (χ3v) is 4.42. The minimum Gasteiger partial charge on any atom is -0.389 e. The molecule has 0 unspecified atom stereocenters. The van der Waals surface area contributed by atoms with Crippen LogP contribution in [-0.4, -0.2) is 36.5 Å². The first-order chi connectivity index (χ1) is 9.14. The van der Waals surface area contributed by atoms with Crippen molar-refractivity contribution in [2.75, 3.05) is 13.1 Å². The number of nitrogens with zero attached hydrogens (tertiary/aromatic N) is 1. The zero-order valence-electron chi connectivity index (χ0n) is 11.9. The number of rotatable bonds is 6. The maximum absolute atomic E-state index is 12.2. The second kappa shape index (κ2) is 6.72. The smallest absolute Gasteiger partial charge is 0.236 e. The summed E-state index contributed by atoms with van der Waals surface area (Å²) in [5.41, 5.74) is -0.325. The molecule has 0 heterocycles. The number of hydrogen-bond acceptors (Lipinski definition) is 3. The lowest BCUT2D eigenvalue weighted by Crippen LogP contribution is -2.41. The van der Waals surface area contributed by atoms with Gasteiger partial charge in [0.05, 0.1) is 5.60 Å². The zero-order valence-corrected chi connectivity index (χ0v) is 13.4. The van der Waals surface area contributed by atoms with Crippen molar-refractivity contribution in [1.29, 1.82) is 0 Å². The number of halogens is 1. The molecule has 0 amide bonds. The van der Waals surface area contributed by atoms with Gasteiger partial charge < -0.3 is 5.11 Å². The van der Waals surface area contributed by atoms with E-state index >= 15 is 0 Å². The van der Waals surface area contributed by atoms with Crippen LogP contribution in [0.4, 0.5) is 0 Å². The van der Waals surface area contributed by atoms with Crippen LogP contribution < -0.4 is 0 Å². The molecule has 0 aliphatic heterocycles. The van der Waals surface area contributed by atoms with Crippen LogP contribution in [0.5, 0.6) is 0 Å². The van der Waals surface area contributed by atoms with Gasteiger partial charge in [0.2, 0.25) is 10.0 Å². The Morgan fingerprint density at radius 1 is 1.30 bits per heavy atom. The van der Waals surface area contributed by atoms with Crippen LogP contribution in [0.15, 0.2) is 29.7 Å². The highest BCUT2D eigenvalue weighted by atomic mass is 35.5. The van der Waals surface area contributed by atoms with E-state index < -0.39 is 15.6 Å². The Kier molecular flexibility index (Phi) is 5.77. The summed E-state index contributed by atoms with van der Waals surface area (Å²) in [7, 11) is -3.55. The molecular weight excluding hydrogens is 298 g/mol. The molecule has 0 saturated heterocycles. The quantitative estimate of drug-likeness (QED) is 0.877. The lowest BCUT2D eigenvalue weighted by atomic mass is 10.1. The van der Waals surface area contributed by atoms with Crippen LogP contribution in [-0.2, 0) is 10.0 Å². The van der Waals surface area contributed by atoms with Gasteiger partial charge in [-0.2, -0.15) is 4.31 Å². The van der Waals surface area contributed by atoms with Crippen molar-refractivity contribution in [3.8, 4) is 0 Å². The molecule has 0 aromatic heterocycles. The van der Waals surface area contributed by atoms with Gasteiger partial charge >= 0.3 is 0 Å². The molecule has 20 heavy (non-hydrogen) atoms. The van der Waals surface area contributed by atoms with E-state index in [0.29, 0.717) is 11.6 Å². The van der Waals surface area contributed by atoms with Gasteiger partial charge in [-0.1, -0.05) is 30.7 Å². The Balaban J connectivity index is 2.89. The van der Waals surface area contributed by atoms with E-state index in [-0.39, 0.29) is 6.54 Å². The van der Waals surface area contributed by atoms with E-state index in [4.69, 9.17) is 11.6 Å². The van der Waals surface area contributed by atoms with Crippen molar-refractivity contribution in [3.05, 3.63) is 40.3 Å². The monoisotopic (exact) mass is 317 g/mol. The third-order valence-electron chi connectivity index (χ3n) is 2.58. The summed E-state index contributed by atoms with van der Waals surface area (Å²) in [6.45, 7) is 5.25. The molecule has 1 rings (SSSR count). The molecule has 0 bridgehead atoms. The van der Waals surface area contributed by atoms with Crippen molar-refractivity contribution in [1.82, 2.24) is 4.31 Å². The molecule has 0 spiro atoms. The fraction of sp³-hybridized carbons (Fsp3) is 0.429. The summed E-state index contributed by atoms with van der Waals surface area (Å²) in [5.74, 6) is 0. The Bertz CT molecular complexity index is 559. The van der Waals surface area contributed by atoms with E-state index in [0.717, 1.165) is 11.0 Å².